The highest BCUT2D eigenvalue weighted by molar-refractivity contribution is 5.79. The van der Waals surface area contributed by atoms with Crippen molar-refractivity contribution in [2.24, 2.45) is 5.73 Å². The minimum atomic E-state index is -0.224. The second kappa shape index (κ2) is 4.50. The minimum absolute atomic E-state index is 0.224. The number of pyridine rings is 1. The van der Waals surface area contributed by atoms with Crippen LogP contribution in [0.15, 0.2) is 55.2 Å². The molecule has 4 nitrogen and oxygen atoms in total. The molecular weight excluding hydrogens is 224 g/mol. The maximum absolute atomic E-state index is 6.20. The van der Waals surface area contributed by atoms with Gasteiger partial charge in [-0.25, -0.2) is 9.97 Å². The van der Waals surface area contributed by atoms with Gasteiger partial charge in [0.25, 0.3) is 0 Å². The van der Waals surface area contributed by atoms with Crippen molar-refractivity contribution in [2.45, 2.75) is 6.04 Å². The highest BCUT2D eigenvalue weighted by atomic mass is 14.8. The fourth-order valence-electron chi connectivity index (χ4n) is 1.94. The molecule has 0 spiro atoms. The first kappa shape index (κ1) is 10.8. The number of fused-ring (bicyclic) bond motifs is 1. The van der Waals surface area contributed by atoms with Gasteiger partial charge >= 0.3 is 0 Å². The predicted octanol–water partition coefficient (Wildman–Crippen LogP) is 2.07. The molecule has 88 valence electrons. The molecule has 0 aliphatic carbocycles. The van der Waals surface area contributed by atoms with Crippen LogP contribution in [0.4, 0.5) is 0 Å². The Kier molecular flexibility index (Phi) is 2.70. The zero-order chi connectivity index (χ0) is 12.4. The van der Waals surface area contributed by atoms with Crippen LogP contribution in [0.2, 0.25) is 0 Å². The van der Waals surface area contributed by atoms with Crippen molar-refractivity contribution in [1.29, 1.82) is 0 Å². The summed E-state index contributed by atoms with van der Waals surface area (Å²) in [4.78, 5) is 12.3. The van der Waals surface area contributed by atoms with E-state index in [0.29, 0.717) is 0 Å². The standard InChI is InChI=1S/C14H12N4/c15-14(12-7-16-9-17-8-12)11-4-3-10-2-1-5-18-13(10)6-11/h1-9,14H,15H2. The lowest BCUT2D eigenvalue weighted by Crippen LogP contribution is -2.12. The largest absolute Gasteiger partial charge is 0.320 e. The third-order valence-corrected chi connectivity index (χ3v) is 2.93. The summed E-state index contributed by atoms with van der Waals surface area (Å²) in [6.07, 6.45) is 6.75. The van der Waals surface area contributed by atoms with Crippen LogP contribution in [-0.2, 0) is 0 Å². The van der Waals surface area contributed by atoms with Gasteiger partial charge in [0.1, 0.15) is 6.33 Å². The number of nitrogens with zero attached hydrogens (tertiary/aromatic N) is 3. The molecule has 0 saturated heterocycles. The summed E-state index contributed by atoms with van der Waals surface area (Å²) >= 11 is 0. The highest BCUT2D eigenvalue weighted by Crippen LogP contribution is 2.21. The first-order chi connectivity index (χ1) is 8.84. The molecule has 2 aromatic heterocycles. The fourth-order valence-corrected chi connectivity index (χ4v) is 1.94. The van der Waals surface area contributed by atoms with E-state index in [-0.39, 0.29) is 6.04 Å². The van der Waals surface area contributed by atoms with Gasteiger partial charge in [0.05, 0.1) is 11.6 Å². The molecule has 1 unspecified atom stereocenters. The third-order valence-electron chi connectivity index (χ3n) is 2.93. The van der Waals surface area contributed by atoms with Crippen molar-refractivity contribution in [3.05, 3.63) is 66.4 Å². The Morgan fingerprint density at radius 2 is 1.83 bits per heavy atom. The second-order valence-corrected chi connectivity index (χ2v) is 4.11. The Morgan fingerprint density at radius 1 is 1.00 bits per heavy atom. The second-order valence-electron chi connectivity index (χ2n) is 4.11. The molecule has 1 atom stereocenters. The predicted molar refractivity (Wildman–Crippen MR) is 69.8 cm³/mol. The number of benzene rings is 1. The summed E-state index contributed by atoms with van der Waals surface area (Å²) in [6, 6.07) is 9.78. The minimum Gasteiger partial charge on any atom is -0.320 e. The van der Waals surface area contributed by atoms with Crippen LogP contribution in [-0.4, -0.2) is 15.0 Å². The van der Waals surface area contributed by atoms with Crippen LogP contribution >= 0.6 is 0 Å². The first-order valence-electron chi connectivity index (χ1n) is 5.70. The third kappa shape index (κ3) is 1.94. The summed E-state index contributed by atoms with van der Waals surface area (Å²) in [6.45, 7) is 0. The lowest BCUT2D eigenvalue weighted by atomic mass is 10.0. The van der Waals surface area contributed by atoms with Gasteiger partial charge in [0, 0.05) is 29.5 Å². The number of hydrogen-bond acceptors (Lipinski definition) is 4. The Morgan fingerprint density at radius 3 is 2.67 bits per heavy atom. The molecule has 2 heterocycles. The number of nitrogens with two attached hydrogens (primary N) is 1. The van der Waals surface area contributed by atoms with Crippen molar-refractivity contribution < 1.29 is 0 Å². The normalized spacial score (nSPS) is 12.5. The molecule has 0 aliphatic rings. The van der Waals surface area contributed by atoms with E-state index in [4.69, 9.17) is 5.73 Å². The van der Waals surface area contributed by atoms with Crippen molar-refractivity contribution in [3.8, 4) is 0 Å². The van der Waals surface area contributed by atoms with E-state index < -0.39 is 0 Å². The summed E-state index contributed by atoms with van der Waals surface area (Å²) in [5.74, 6) is 0. The maximum atomic E-state index is 6.20. The zero-order valence-electron chi connectivity index (χ0n) is 9.69. The molecule has 2 N–H and O–H groups in total. The molecule has 0 amide bonds. The number of aromatic nitrogens is 3. The molecule has 4 heteroatoms. The van der Waals surface area contributed by atoms with E-state index >= 15 is 0 Å². The quantitative estimate of drug-likeness (QED) is 0.739. The smallest absolute Gasteiger partial charge is 0.115 e. The summed E-state index contributed by atoms with van der Waals surface area (Å²) in [5, 5.41) is 1.11. The molecule has 18 heavy (non-hydrogen) atoms. The Hall–Kier alpha value is -2.33. The SMILES string of the molecule is NC(c1cncnc1)c1ccc2cccnc2c1. The van der Waals surface area contributed by atoms with Gasteiger partial charge in [0.2, 0.25) is 0 Å². The lowest BCUT2D eigenvalue weighted by molar-refractivity contribution is 0.852. The topological polar surface area (TPSA) is 64.7 Å². The van der Waals surface area contributed by atoms with E-state index in [0.717, 1.165) is 22.0 Å². The maximum Gasteiger partial charge on any atom is 0.115 e. The Labute approximate surface area is 105 Å². The van der Waals surface area contributed by atoms with Gasteiger partial charge in [-0.2, -0.15) is 0 Å². The summed E-state index contributed by atoms with van der Waals surface area (Å²) < 4.78 is 0. The average Bonchev–Trinajstić information content (AvgIpc) is 2.47. The molecule has 0 bridgehead atoms. The zero-order valence-corrected chi connectivity index (χ0v) is 9.69. The van der Waals surface area contributed by atoms with Gasteiger partial charge in [0.15, 0.2) is 0 Å². The lowest BCUT2D eigenvalue weighted by Gasteiger charge is -2.12. The number of rotatable bonds is 2. The molecule has 1 aromatic carbocycles. The molecule has 0 radical (unpaired) electrons. The fraction of sp³-hybridized carbons (Fsp3) is 0.0714. The van der Waals surface area contributed by atoms with Crippen molar-refractivity contribution >= 4 is 10.9 Å². The van der Waals surface area contributed by atoms with E-state index in [9.17, 15) is 0 Å². The van der Waals surface area contributed by atoms with E-state index in [1.165, 1.54) is 6.33 Å². The molecule has 0 fully saturated rings. The van der Waals surface area contributed by atoms with Crippen LogP contribution < -0.4 is 5.73 Å². The van der Waals surface area contributed by atoms with E-state index in [1.807, 2.05) is 30.3 Å². The monoisotopic (exact) mass is 236 g/mol. The Bertz CT molecular complexity index is 667. The van der Waals surface area contributed by atoms with Crippen LogP contribution in [0.1, 0.15) is 17.2 Å². The van der Waals surface area contributed by atoms with Gasteiger partial charge in [-0.15, -0.1) is 0 Å². The molecule has 3 rings (SSSR count). The Balaban J connectivity index is 2.04. The van der Waals surface area contributed by atoms with Gasteiger partial charge in [-0.1, -0.05) is 18.2 Å². The first-order valence-corrected chi connectivity index (χ1v) is 5.70. The van der Waals surface area contributed by atoms with Gasteiger partial charge in [-0.3, -0.25) is 4.98 Å². The van der Waals surface area contributed by atoms with Crippen LogP contribution in [0.25, 0.3) is 10.9 Å². The van der Waals surface area contributed by atoms with E-state index in [2.05, 4.69) is 15.0 Å². The number of hydrogen-bond donors (Lipinski definition) is 1. The molecule has 0 aliphatic heterocycles. The average molecular weight is 236 g/mol. The van der Waals surface area contributed by atoms with Crippen LogP contribution in [0.5, 0.6) is 0 Å². The van der Waals surface area contributed by atoms with Gasteiger partial charge < -0.3 is 5.73 Å². The van der Waals surface area contributed by atoms with E-state index in [1.54, 1.807) is 18.6 Å². The highest BCUT2D eigenvalue weighted by Gasteiger charge is 2.09. The molecule has 0 saturated carbocycles. The molecular formula is C14H12N4. The van der Waals surface area contributed by atoms with Crippen molar-refractivity contribution in [3.63, 3.8) is 0 Å². The summed E-state index contributed by atoms with van der Waals surface area (Å²) in [7, 11) is 0. The molecule has 3 aromatic rings. The van der Waals surface area contributed by atoms with Crippen LogP contribution in [0, 0.1) is 0 Å². The van der Waals surface area contributed by atoms with Crippen LogP contribution in [0.3, 0.4) is 0 Å². The summed E-state index contributed by atoms with van der Waals surface area (Å²) in [5.41, 5.74) is 9.05. The van der Waals surface area contributed by atoms with Crippen molar-refractivity contribution in [1.82, 2.24) is 15.0 Å². The van der Waals surface area contributed by atoms with Crippen molar-refractivity contribution in [2.75, 3.05) is 0 Å². The van der Waals surface area contributed by atoms with Gasteiger partial charge in [-0.05, 0) is 17.7 Å².